The largest absolute Gasteiger partial charge is 0.387 e. The SMILES string of the molecule is CC(Cn1ncc2ccccc21)C(=N)N. The van der Waals surface area contributed by atoms with Crippen molar-refractivity contribution in [1.82, 2.24) is 9.78 Å². The van der Waals surface area contributed by atoms with Crippen molar-refractivity contribution >= 4 is 16.7 Å². The predicted octanol–water partition coefficient (Wildman–Crippen LogP) is 1.61. The highest BCUT2D eigenvalue weighted by atomic mass is 15.3. The molecule has 0 saturated carbocycles. The van der Waals surface area contributed by atoms with Crippen LogP contribution >= 0.6 is 0 Å². The topological polar surface area (TPSA) is 67.7 Å². The minimum absolute atomic E-state index is 0.0216. The van der Waals surface area contributed by atoms with Crippen LogP contribution in [-0.2, 0) is 6.54 Å². The molecule has 4 heteroatoms. The van der Waals surface area contributed by atoms with Gasteiger partial charge in [-0.25, -0.2) is 0 Å². The molecule has 0 amide bonds. The zero-order chi connectivity index (χ0) is 10.8. The Morgan fingerprint density at radius 2 is 2.27 bits per heavy atom. The molecule has 0 aliphatic heterocycles. The molecule has 0 aliphatic rings. The monoisotopic (exact) mass is 202 g/mol. The van der Waals surface area contributed by atoms with Gasteiger partial charge in [-0.05, 0) is 6.07 Å². The summed E-state index contributed by atoms with van der Waals surface area (Å²) in [4.78, 5) is 0. The Kier molecular flexibility index (Phi) is 2.41. The summed E-state index contributed by atoms with van der Waals surface area (Å²) in [5, 5.41) is 12.7. The molecule has 4 nitrogen and oxygen atoms in total. The van der Waals surface area contributed by atoms with Crippen molar-refractivity contribution in [1.29, 1.82) is 5.41 Å². The molecule has 78 valence electrons. The van der Waals surface area contributed by atoms with Crippen LogP contribution in [0.25, 0.3) is 10.9 Å². The van der Waals surface area contributed by atoms with Crippen LogP contribution in [-0.4, -0.2) is 15.6 Å². The van der Waals surface area contributed by atoms with Gasteiger partial charge in [0.25, 0.3) is 0 Å². The first-order valence-electron chi connectivity index (χ1n) is 4.93. The Bertz CT molecular complexity index is 486. The zero-order valence-electron chi connectivity index (χ0n) is 8.64. The fourth-order valence-corrected chi connectivity index (χ4v) is 1.53. The van der Waals surface area contributed by atoms with Crippen molar-refractivity contribution < 1.29 is 0 Å². The number of rotatable bonds is 3. The van der Waals surface area contributed by atoms with Gasteiger partial charge in [0.1, 0.15) is 0 Å². The molecule has 1 aromatic heterocycles. The average Bonchev–Trinajstić information content (AvgIpc) is 2.62. The van der Waals surface area contributed by atoms with Crippen LogP contribution in [0.5, 0.6) is 0 Å². The van der Waals surface area contributed by atoms with Crippen LogP contribution < -0.4 is 5.73 Å². The number of nitrogens with one attached hydrogen (secondary N) is 1. The lowest BCUT2D eigenvalue weighted by atomic mass is 10.1. The van der Waals surface area contributed by atoms with Crippen molar-refractivity contribution in [3.63, 3.8) is 0 Å². The van der Waals surface area contributed by atoms with Gasteiger partial charge in [0.05, 0.1) is 24.1 Å². The van der Waals surface area contributed by atoms with Crippen molar-refractivity contribution in [3.8, 4) is 0 Å². The lowest BCUT2D eigenvalue weighted by Crippen LogP contribution is -2.24. The fourth-order valence-electron chi connectivity index (χ4n) is 1.53. The van der Waals surface area contributed by atoms with Gasteiger partial charge < -0.3 is 5.73 Å². The smallest absolute Gasteiger partial charge is 0.0952 e. The van der Waals surface area contributed by atoms with E-state index in [0.29, 0.717) is 6.54 Å². The number of nitrogens with zero attached hydrogens (tertiary/aromatic N) is 2. The van der Waals surface area contributed by atoms with Crippen LogP contribution in [0, 0.1) is 11.3 Å². The highest BCUT2D eigenvalue weighted by molar-refractivity contribution is 5.80. The summed E-state index contributed by atoms with van der Waals surface area (Å²) in [5.41, 5.74) is 6.53. The van der Waals surface area contributed by atoms with E-state index in [1.54, 1.807) is 0 Å². The van der Waals surface area contributed by atoms with E-state index in [1.807, 2.05) is 42.1 Å². The number of hydrogen-bond donors (Lipinski definition) is 2. The highest BCUT2D eigenvalue weighted by Gasteiger charge is 2.08. The quantitative estimate of drug-likeness (QED) is 0.586. The van der Waals surface area contributed by atoms with E-state index in [2.05, 4.69) is 5.10 Å². The first-order valence-corrected chi connectivity index (χ1v) is 4.93. The number of nitrogens with two attached hydrogens (primary N) is 1. The number of amidine groups is 1. The van der Waals surface area contributed by atoms with E-state index in [0.717, 1.165) is 10.9 Å². The summed E-state index contributed by atoms with van der Waals surface area (Å²) in [6.45, 7) is 2.58. The van der Waals surface area contributed by atoms with Crippen LogP contribution in [0.4, 0.5) is 0 Å². The van der Waals surface area contributed by atoms with Gasteiger partial charge in [-0.2, -0.15) is 5.10 Å². The second-order valence-electron chi connectivity index (χ2n) is 3.74. The van der Waals surface area contributed by atoms with Crippen molar-refractivity contribution in [3.05, 3.63) is 30.5 Å². The number of para-hydroxylation sites is 1. The Balaban J connectivity index is 2.32. The maximum absolute atomic E-state index is 7.35. The van der Waals surface area contributed by atoms with E-state index >= 15 is 0 Å². The number of aromatic nitrogens is 2. The number of hydrogen-bond acceptors (Lipinski definition) is 2. The summed E-state index contributed by atoms with van der Waals surface area (Å²) >= 11 is 0. The van der Waals surface area contributed by atoms with Gasteiger partial charge >= 0.3 is 0 Å². The standard InChI is InChI=1S/C11H14N4/c1-8(11(12)13)7-15-10-5-3-2-4-9(10)6-14-15/h2-6,8H,7H2,1H3,(H3,12,13). The lowest BCUT2D eigenvalue weighted by Gasteiger charge is -2.10. The Morgan fingerprint density at radius 1 is 1.53 bits per heavy atom. The minimum atomic E-state index is 0.0216. The van der Waals surface area contributed by atoms with Crippen molar-refractivity contribution in [2.75, 3.05) is 0 Å². The van der Waals surface area contributed by atoms with E-state index in [9.17, 15) is 0 Å². The molecule has 3 N–H and O–H groups in total. The van der Waals surface area contributed by atoms with Gasteiger partial charge in [-0.3, -0.25) is 10.1 Å². The first kappa shape index (κ1) is 9.71. The molecule has 0 radical (unpaired) electrons. The first-order chi connectivity index (χ1) is 7.18. The third kappa shape index (κ3) is 1.83. The molecular formula is C11H14N4. The Morgan fingerprint density at radius 3 is 3.00 bits per heavy atom. The van der Waals surface area contributed by atoms with Crippen LogP contribution in [0.3, 0.4) is 0 Å². The lowest BCUT2D eigenvalue weighted by molar-refractivity contribution is 0.552. The molecule has 1 atom stereocenters. The predicted molar refractivity (Wildman–Crippen MR) is 60.8 cm³/mol. The maximum Gasteiger partial charge on any atom is 0.0952 e. The van der Waals surface area contributed by atoms with Crippen molar-refractivity contribution in [2.24, 2.45) is 11.7 Å². The highest BCUT2D eigenvalue weighted by Crippen LogP contribution is 2.13. The van der Waals surface area contributed by atoms with Crippen molar-refractivity contribution in [2.45, 2.75) is 13.5 Å². The molecule has 1 unspecified atom stereocenters. The second kappa shape index (κ2) is 3.73. The van der Waals surface area contributed by atoms with Gasteiger partial charge in [-0.15, -0.1) is 0 Å². The summed E-state index contributed by atoms with van der Waals surface area (Å²) in [6, 6.07) is 8.02. The third-order valence-electron chi connectivity index (χ3n) is 2.53. The van der Waals surface area contributed by atoms with E-state index < -0.39 is 0 Å². The molecule has 1 aromatic carbocycles. The summed E-state index contributed by atoms with van der Waals surface area (Å²) < 4.78 is 1.89. The third-order valence-corrected chi connectivity index (χ3v) is 2.53. The molecule has 0 bridgehead atoms. The fraction of sp³-hybridized carbons (Fsp3) is 0.273. The molecule has 0 spiro atoms. The molecule has 15 heavy (non-hydrogen) atoms. The van der Waals surface area contributed by atoms with E-state index in [4.69, 9.17) is 11.1 Å². The molecule has 0 aliphatic carbocycles. The Hall–Kier alpha value is -1.84. The van der Waals surface area contributed by atoms with Crippen LogP contribution in [0.1, 0.15) is 6.92 Å². The zero-order valence-corrected chi connectivity index (χ0v) is 8.64. The normalized spacial score (nSPS) is 12.9. The summed E-state index contributed by atoms with van der Waals surface area (Å²) in [5.74, 6) is 0.225. The van der Waals surface area contributed by atoms with Gasteiger partial charge in [0.15, 0.2) is 0 Å². The molecule has 2 aromatic rings. The summed E-state index contributed by atoms with van der Waals surface area (Å²) in [6.07, 6.45) is 1.84. The van der Waals surface area contributed by atoms with Gasteiger partial charge in [0.2, 0.25) is 0 Å². The maximum atomic E-state index is 7.35. The minimum Gasteiger partial charge on any atom is -0.387 e. The molecule has 0 fully saturated rings. The van der Waals surface area contributed by atoms with Crippen LogP contribution in [0.15, 0.2) is 30.5 Å². The van der Waals surface area contributed by atoms with Gasteiger partial charge in [-0.1, -0.05) is 25.1 Å². The van der Waals surface area contributed by atoms with E-state index in [-0.39, 0.29) is 11.8 Å². The number of fused-ring (bicyclic) bond motifs is 1. The average molecular weight is 202 g/mol. The summed E-state index contributed by atoms with van der Waals surface area (Å²) in [7, 11) is 0. The second-order valence-corrected chi connectivity index (χ2v) is 3.74. The molecule has 2 rings (SSSR count). The Labute approximate surface area is 88.2 Å². The molecule has 1 heterocycles. The molecular weight excluding hydrogens is 188 g/mol. The van der Waals surface area contributed by atoms with Gasteiger partial charge in [0, 0.05) is 11.3 Å². The van der Waals surface area contributed by atoms with E-state index in [1.165, 1.54) is 0 Å². The number of benzene rings is 1. The molecule has 0 saturated heterocycles. The van der Waals surface area contributed by atoms with Crippen LogP contribution in [0.2, 0.25) is 0 Å².